The molecule has 0 saturated heterocycles. The molecule has 0 atom stereocenters. The van der Waals surface area contributed by atoms with Gasteiger partial charge in [0.25, 0.3) is 0 Å². The third-order valence-corrected chi connectivity index (χ3v) is 5.59. The molecule has 1 aliphatic rings. The number of rotatable bonds is 6. The zero-order valence-corrected chi connectivity index (χ0v) is 18.2. The second-order valence-corrected chi connectivity index (χ2v) is 8.00. The Morgan fingerprint density at radius 3 is 2.44 bits per heavy atom. The van der Waals surface area contributed by atoms with E-state index in [9.17, 15) is 4.79 Å². The van der Waals surface area contributed by atoms with Crippen LogP contribution >= 0.6 is 0 Å². The van der Waals surface area contributed by atoms with Crippen molar-refractivity contribution >= 4 is 23.7 Å². The highest BCUT2D eigenvalue weighted by Gasteiger charge is 2.23. The van der Waals surface area contributed by atoms with E-state index in [2.05, 4.69) is 20.6 Å². The molecule has 3 N–H and O–H groups in total. The van der Waals surface area contributed by atoms with Gasteiger partial charge in [-0.15, -0.1) is 0 Å². The lowest BCUT2D eigenvalue weighted by molar-refractivity contribution is 0.185. The Hall–Kier alpha value is -3.75. The lowest BCUT2D eigenvalue weighted by atomic mass is 9.91. The number of amides is 1. The fourth-order valence-electron chi connectivity index (χ4n) is 3.91. The van der Waals surface area contributed by atoms with Crippen molar-refractivity contribution in [2.75, 3.05) is 17.3 Å². The predicted octanol–water partition coefficient (Wildman–Crippen LogP) is 4.00. The number of nitrogens with zero attached hydrogens (tertiary/aromatic N) is 5. The van der Waals surface area contributed by atoms with Crippen LogP contribution in [0.15, 0.2) is 48.7 Å². The maximum Gasteiger partial charge on any atom is 0.404 e. The third kappa shape index (κ3) is 5.29. The summed E-state index contributed by atoms with van der Waals surface area (Å²) in [7, 11) is 1.92. The number of hydrogen-bond acceptors (Lipinski definition) is 7. The standard InChI is InChI=1S/C23H27N7O2/c1-15-14-20(29-22(25-15)26-17-8-10-18(11-9-17)27-23(31)32)30(2)19-12-13-24-21(28-19)16-6-4-3-5-7-16/h3-7,12-14,17-18,27H,8-11H2,1-2H3,(H,31,32)(H,25,26,29)/t17-,18-. The molecule has 0 radical (unpaired) electrons. The molecule has 0 spiro atoms. The first-order valence-electron chi connectivity index (χ1n) is 10.7. The highest BCUT2D eigenvalue weighted by atomic mass is 16.4. The quantitative estimate of drug-likeness (QED) is 0.534. The summed E-state index contributed by atoms with van der Waals surface area (Å²) in [6, 6.07) is 13.9. The summed E-state index contributed by atoms with van der Waals surface area (Å²) in [6.07, 6.45) is 4.10. The molecule has 9 heteroatoms. The molecule has 1 saturated carbocycles. The largest absolute Gasteiger partial charge is 0.465 e. The molecule has 32 heavy (non-hydrogen) atoms. The monoisotopic (exact) mass is 433 g/mol. The smallest absolute Gasteiger partial charge is 0.404 e. The number of anilines is 3. The summed E-state index contributed by atoms with van der Waals surface area (Å²) < 4.78 is 0. The van der Waals surface area contributed by atoms with Gasteiger partial charge >= 0.3 is 6.09 Å². The van der Waals surface area contributed by atoms with Crippen LogP contribution in [0.1, 0.15) is 31.4 Å². The maximum atomic E-state index is 10.8. The first kappa shape index (κ1) is 21.5. The molecular weight excluding hydrogens is 406 g/mol. The van der Waals surface area contributed by atoms with Crippen molar-refractivity contribution in [2.45, 2.75) is 44.7 Å². The van der Waals surface area contributed by atoms with E-state index in [-0.39, 0.29) is 12.1 Å². The molecule has 0 unspecified atom stereocenters. The molecule has 1 aromatic carbocycles. The average Bonchev–Trinajstić information content (AvgIpc) is 2.80. The van der Waals surface area contributed by atoms with Crippen molar-refractivity contribution < 1.29 is 9.90 Å². The minimum atomic E-state index is -0.962. The van der Waals surface area contributed by atoms with E-state index >= 15 is 0 Å². The van der Waals surface area contributed by atoms with Gasteiger partial charge in [0, 0.05) is 42.7 Å². The molecule has 166 valence electrons. The molecule has 0 aliphatic heterocycles. The number of aromatic nitrogens is 4. The Balaban J connectivity index is 1.48. The zero-order chi connectivity index (χ0) is 22.5. The lowest BCUT2D eigenvalue weighted by Gasteiger charge is -2.29. The number of benzene rings is 1. The summed E-state index contributed by atoms with van der Waals surface area (Å²) >= 11 is 0. The molecular formula is C23H27N7O2. The van der Waals surface area contributed by atoms with Gasteiger partial charge in [0.1, 0.15) is 11.6 Å². The second kappa shape index (κ2) is 9.59. The SMILES string of the molecule is Cc1cc(N(C)c2ccnc(-c3ccccc3)n2)nc(N[C@H]2CC[C@H](NC(=O)O)CC2)n1. The molecule has 1 fully saturated rings. The Morgan fingerprint density at radius 1 is 1.00 bits per heavy atom. The zero-order valence-electron chi connectivity index (χ0n) is 18.2. The van der Waals surface area contributed by atoms with Gasteiger partial charge in [-0.1, -0.05) is 30.3 Å². The van der Waals surface area contributed by atoms with Gasteiger partial charge < -0.3 is 20.6 Å². The van der Waals surface area contributed by atoms with Crippen LogP contribution in [0.25, 0.3) is 11.4 Å². The van der Waals surface area contributed by atoms with E-state index in [1.54, 1.807) is 6.20 Å². The van der Waals surface area contributed by atoms with Crippen molar-refractivity contribution in [3.63, 3.8) is 0 Å². The van der Waals surface area contributed by atoms with Crippen molar-refractivity contribution in [3.8, 4) is 11.4 Å². The molecule has 0 bridgehead atoms. The van der Waals surface area contributed by atoms with Crippen LogP contribution in [0.4, 0.5) is 22.4 Å². The average molecular weight is 434 g/mol. The number of nitrogens with one attached hydrogen (secondary N) is 2. The van der Waals surface area contributed by atoms with Crippen LogP contribution in [-0.2, 0) is 0 Å². The van der Waals surface area contributed by atoms with Gasteiger partial charge in [0.15, 0.2) is 5.82 Å². The first-order chi connectivity index (χ1) is 15.5. The molecule has 1 aliphatic carbocycles. The van der Waals surface area contributed by atoms with Crippen molar-refractivity contribution in [3.05, 3.63) is 54.4 Å². The van der Waals surface area contributed by atoms with E-state index in [1.807, 2.05) is 61.3 Å². The number of aryl methyl sites for hydroxylation is 1. The highest BCUT2D eigenvalue weighted by Crippen LogP contribution is 2.25. The summed E-state index contributed by atoms with van der Waals surface area (Å²) in [5.74, 6) is 2.70. The van der Waals surface area contributed by atoms with Gasteiger partial charge in [-0.05, 0) is 38.7 Å². The Kier molecular flexibility index (Phi) is 6.44. The summed E-state index contributed by atoms with van der Waals surface area (Å²) in [5.41, 5.74) is 1.81. The predicted molar refractivity (Wildman–Crippen MR) is 123 cm³/mol. The Labute approximate surface area is 187 Å². The van der Waals surface area contributed by atoms with Crippen LogP contribution in [0.5, 0.6) is 0 Å². The fourth-order valence-corrected chi connectivity index (χ4v) is 3.91. The molecule has 1 amide bonds. The number of carboxylic acid groups (broad SMARTS) is 1. The van der Waals surface area contributed by atoms with Gasteiger partial charge in [0.05, 0.1) is 0 Å². The van der Waals surface area contributed by atoms with Gasteiger partial charge in [-0.3, -0.25) is 0 Å². The Morgan fingerprint density at radius 2 is 1.72 bits per heavy atom. The van der Waals surface area contributed by atoms with Crippen molar-refractivity contribution in [1.82, 2.24) is 25.3 Å². The van der Waals surface area contributed by atoms with Gasteiger partial charge in [-0.2, -0.15) is 4.98 Å². The summed E-state index contributed by atoms with van der Waals surface area (Å²) in [4.78, 5) is 31.1. The maximum absolute atomic E-state index is 10.8. The lowest BCUT2D eigenvalue weighted by Crippen LogP contribution is -2.39. The van der Waals surface area contributed by atoms with Gasteiger partial charge in [-0.25, -0.2) is 19.7 Å². The third-order valence-electron chi connectivity index (χ3n) is 5.59. The first-order valence-corrected chi connectivity index (χ1v) is 10.7. The molecule has 4 rings (SSSR count). The molecule has 2 heterocycles. The van der Waals surface area contributed by atoms with Crippen LogP contribution < -0.4 is 15.5 Å². The van der Waals surface area contributed by atoms with Gasteiger partial charge in [0.2, 0.25) is 5.95 Å². The van der Waals surface area contributed by atoms with Crippen LogP contribution in [-0.4, -0.2) is 50.3 Å². The minimum Gasteiger partial charge on any atom is -0.465 e. The van der Waals surface area contributed by atoms with E-state index in [0.29, 0.717) is 11.8 Å². The van der Waals surface area contributed by atoms with E-state index in [1.165, 1.54) is 0 Å². The molecule has 3 aromatic rings. The Bertz CT molecular complexity index is 1070. The molecule has 9 nitrogen and oxygen atoms in total. The van der Waals surface area contributed by atoms with Crippen LogP contribution in [0.3, 0.4) is 0 Å². The van der Waals surface area contributed by atoms with Crippen molar-refractivity contribution in [2.24, 2.45) is 0 Å². The van der Waals surface area contributed by atoms with E-state index in [0.717, 1.165) is 48.6 Å². The second-order valence-electron chi connectivity index (χ2n) is 8.00. The van der Waals surface area contributed by atoms with Crippen LogP contribution in [0, 0.1) is 6.92 Å². The summed E-state index contributed by atoms with van der Waals surface area (Å²) in [5, 5.41) is 14.9. The van der Waals surface area contributed by atoms with Crippen molar-refractivity contribution in [1.29, 1.82) is 0 Å². The van der Waals surface area contributed by atoms with E-state index < -0.39 is 6.09 Å². The summed E-state index contributed by atoms with van der Waals surface area (Å²) in [6.45, 7) is 1.94. The highest BCUT2D eigenvalue weighted by molar-refractivity contribution is 5.65. The topological polar surface area (TPSA) is 116 Å². The number of hydrogen-bond donors (Lipinski definition) is 3. The fraction of sp³-hybridized carbons (Fsp3) is 0.348. The minimum absolute atomic E-state index is 0.0160. The normalized spacial score (nSPS) is 18.1. The van der Waals surface area contributed by atoms with E-state index in [4.69, 9.17) is 15.1 Å². The molecule has 2 aromatic heterocycles. The van der Waals surface area contributed by atoms with Crippen LogP contribution in [0.2, 0.25) is 0 Å². The number of carbonyl (C=O) groups is 1.